The Kier molecular flexibility index (Phi) is 6.49. The highest BCUT2D eigenvalue weighted by Gasteiger charge is 2.25. The van der Waals surface area contributed by atoms with E-state index in [1.54, 1.807) is 36.3 Å². The predicted molar refractivity (Wildman–Crippen MR) is 113 cm³/mol. The second kappa shape index (κ2) is 8.71. The molecule has 1 aliphatic rings. The lowest BCUT2D eigenvalue weighted by Gasteiger charge is -2.35. The zero-order valence-corrected chi connectivity index (χ0v) is 18.3. The van der Waals surface area contributed by atoms with E-state index in [-0.39, 0.29) is 11.7 Å². The highest BCUT2D eigenvalue weighted by atomic mass is 35.5. The van der Waals surface area contributed by atoms with Crippen LogP contribution in [0.2, 0.25) is 5.02 Å². The Hall–Kier alpha value is -2.12. The summed E-state index contributed by atoms with van der Waals surface area (Å²) in [6.45, 7) is 8.68. The van der Waals surface area contributed by atoms with Crippen molar-refractivity contribution >= 4 is 23.3 Å². The minimum absolute atomic E-state index is 0.134. The number of piperidine rings is 1. The average molecular weight is 421 g/mol. The summed E-state index contributed by atoms with van der Waals surface area (Å²) in [4.78, 5) is 33.2. The van der Waals surface area contributed by atoms with Gasteiger partial charge in [-0.25, -0.2) is 9.78 Å². The highest BCUT2D eigenvalue weighted by molar-refractivity contribution is 6.30. The van der Waals surface area contributed by atoms with Crippen molar-refractivity contribution in [3.63, 3.8) is 0 Å². The Labute approximate surface area is 176 Å². The first-order chi connectivity index (χ1) is 13.6. The third-order valence-electron chi connectivity index (χ3n) is 4.90. The first kappa shape index (κ1) is 21.6. The van der Waals surface area contributed by atoms with Gasteiger partial charge in [-0.15, -0.1) is 0 Å². The monoisotopic (exact) mass is 420 g/mol. The van der Waals surface area contributed by atoms with Crippen LogP contribution in [-0.2, 0) is 11.3 Å². The van der Waals surface area contributed by atoms with Crippen LogP contribution in [0.25, 0.3) is 5.65 Å². The third-order valence-corrected chi connectivity index (χ3v) is 5.13. The van der Waals surface area contributed by atoms with E-state index >= 15 is 0 Å². The van der Waals surface area contributed by atoms with Gasteiger partial charge in [0.05, 0.1) is 10.7 Å². The number of rotatable bonds is 4. The SMILES string of the molecule is CN(CC1CCCN(Cc2cc(=O)n3cc(Cl)ccc3n2)C1)C(=O)OC(C)(C)C. The molecule has 0 N–H and O–H groups in total. The zero-order valence-electron chi connectivity index (χ0n) is 17.5. The van der Waals surface area contributed by atoms with Crippen LogP contribution < -0.4 is 5.56 Å². The maximum atomic E-state index is 12.4. The van der Waals surface area contributed by atoms with E-state index in [2.05, 4.69) is 9.88 Å². The number of hydrogen-bond acceptors (Lipinski definition) is 5. The summed E-state index contributed by atoms with van der Waals surface area (Å²) < 4.78 is 6.90. The van der Waals surface area contributed by atoms with E-state index < -0.39 is 5.60 Å². The molecule has 0 spiro atoms. The Morgan fingerprint density at radius 2 is 2.14 bits per heavy atom. The van der Waals surface area contributed by atoms with Crippen molar-refractivity contribution in [2.24, 2.45) is 5.92 Å². The van der Waals surface area contributed by atoms with Crippen LogP contribution in [0.3, 0.4) is 0 Å². The van der Waals surface area contributed by atoms with Crippen molar-refractivity contribution in [3.05, 3.63) is 45.5 Å². The molecule has 2 aromatic rings. The van der Waals surface area contributed by atoms with Gasteiger partial charge >= 0.3 is 6.09 Å². The van der Waals surface area contributed by atoms with Gasteiger partial charge in [-0.3, -0.25) is 14.1 Å². The van der Waals surface area contributed by atoms with E-state index in [1.807, 2.05) is 20.8 Å². The molecule has 0 radical (unpaired) electrons. The fourth-order valence-corrected chi connectivity index (χ4v) is 3.84. The minimum atomic E-state index is -0.496. The summed E-state index contributed by atoms with van der Waals surface area (Å²) in [5.74, 6) is 0.363. The van der Waals surface area contributed by atoms with Crippen molar-refractivity contribution in [1.82, 2.24) is 19.2 Å². The molecule has 1 fully saturated rings. The number of pyridine rings is 1. The number of carbonyl (C=O) groups is 1. The van der Waals surface area contributed by atoms with E-state index in [9.17, 15) is 9.59 Å². The molecule has 1 atom stereocenters. The lowest BCUT2D eigenvalue weighted by atomic mass is 9.97. The normalized spacial score (nSPS) is 18.0. The zero-order chi connectivity index (χ0) is 21.2. The number of halogens is 1. The van der Waals surface area contributed by atoms with Crippen LogP contribution in [0.5, 0.6) is 0 Å². The Morgan fingerprint density at radius 1 is 1.38 bits per heavy atom. The maximum absolute atomic E-state index is 12.4. The minimum Gasteiger partial charge on any atom is -0.444 e. The standard InChI is InChI=1S/C21H29ClN4O3/c1-21(2,3)29-20(28)24(4)11-15-6-5-9-25(12-15)14-17-10-19(27)26-13-16(22)7-8-18(26)23-17/h7-8,10,13,15H,5-6,9,11-12,14H2,1-4H3. The van der Waals surface area contributed by atoms with Gasteiger partial charge in [0.2, 0.25) is 0 Å². The summed E-state index contributed by atoms with van der Waals surface area (Å²) in [6.07, 6.45) is 3.40. The fourth-order valence-electron chi connectivity index (χ4n) is 3.68. The van der Waals surface area contributed by atoms with Crippen LogP contribution in [0.4, 0.5) is 4.79 Å². The summed E-state index contributed by atoms with van der Waals surface area (Å²) in [6, 6.07) is 5.05. The van der Waals surface area contributed by atoms with Crippen molar-refractivity contribution in [2.45, 2.75) is 45.8 Å². The van der Waals surface area contributed by atoms with Crippen LogP contribution >= 0.6 is 11.6 Å². The van der Waals surface area contributed by atoms with E-state index in [0.29, 0.717) is 29.7 Å². The van der Waals surface area contributed by atoms with E-state index in [0.717, 1.165) is 31.6 Å². The van der Waals surface area contributed by atoms with Gasteiger partial charge in [-0.1, -0.05) is 11.6 Å². The van der Waals surface area contributed by atoms with Crippen LogP contribution in [0.15, 0.2) is 29.2 Å². The summed E-state index contributed by atoms with van der Waals surface area (Å²) in [5, 5.41) is 0.502. The Morgan fingerprint density at radius 3 is 2.86 bits per heavy atom. The number of likely N-dealkylation sites (tertiary alicyclic amines) is 1. The van der Waals surface area contributed by atoms with E-state index in [1.165, 1.54) is 4.40 Å². The molecule has 158 valence electrons. The summed E-state index contributed by atoms with van der Waals surface area (Å²) in [7, 11) is 1.78. The van der Waals surface area contributed by atoms with Gasteiger partial charge in [0.25, 0.3) is 5.56 Å². The molecule has 0 aromatic carbocycles. The molecule has 0 bridgehead atoms. The Balaban J connectivity index is 1.63. The Bertz CT molecular complexity index is 938. The van der Waals surface area contributed by atoms with Gasteiger partial charge < -0.3 is 9.64 Å². The number of amides is 1. The van der Waals surface area contributed by atoms with Crippen molar-refractivity contribution in [3.8, 4) is 0 Å². The van der Waals surface area contributed by atoms with Gasteiger partial charge in [-0.05, 0) is 58.2 Å². The molecule has 3 heterocycles. The average Bonchev–Trinajstić information content (AvgIpc) is 2.61. The maximum Gasteiger partial charge on any atom is 0.410 e. The topological polar surface area (TPSA) is 67.2 Å². The first-order valence-corrected chi connectivity index (χ1v) is 10.3. The number of ether oxygens (including phenoxy) is 1. The molecule has 7 nitrogen and oxygen atoms in total. The molecule has 0 aliphatic carbocycles. The van der Waals surface area contributed by atoms with Crippen LogP contribution in [0.1, 0.15) is 39.3 Å². The lowest BCUT2D eigenvalue weighted by molar-refractivity contribution is 0.0241. The molecule has 2 aromatic heterocycles. The second-order valence-electron chi connectivity index (χ2n) is 8.77. The fraction of sp³-hybridized carbons (Fsp3) is 0.571. The number of hydrogen-bond donors (Lipinski definition) is 0. The smallest absolute Gasteiger partial charge is 0.410 e. The molecule has 1 amide bonds. The van der Waals surface area contributed by atoms with Gasteiger partial charge in [0, 0.05) is 38.9 Å². The highest BCUT2D eigenvalue weighted by Crippen LogP contribution is 2.20. The molecular weight excluding hydrogens is 392 g/mol. The van der Waals surface area contributed by atoms with Crippen molar-refractivity contribution < 1.29 is 9.53 Å². The van der Waals surface area contributed by atoms with Gasteiger partial charge in [0.15, 0.2) is 0 Å². The molecule has 3 rings (SSSR count). The molecule has 1 aliphatic heterocycles. The predicted octanol–water partition coefficient (Wildman–Crippen LogP) is 3.43. The molecule has 1 unspecified atom stereocenters. The van der Waals surface area contributed by atoms with Gasteiger partial charge in [-0.2, -0.15) is 0 Å². The van der Waals surface area contributed by atoms with E-state index in [4.69, 9.17) is 16.3 Å². The molecule has 0 saturated carbocycles. The molecule has 29 heavy (non-hydrogen) atoms. The number of carbonyl (C=O) groups excluding carboxylic acids is 1. The quantitative estimate of drug-likeness (QED) is 0.758. The van der Waals surface area contributed by atoms with Crippen molar-refractivity contribution in [1.29, 1.82) is 0 Å². The van der Waals surface area contributed by atoms with Crippen LogP contribution in [-0.4, -0.2) is 57.6 Å². The lowest BCUT2D eigenvalue weighted by Crippen LogP contribution is -2.42. The van der Waals surface area contributed by atoms with Crippen molar-refractivity contribution in [2.75, 3.05) is 26.7 Å². The largest absolute Gasteiger partial charge is 0.444 e. The second-order valence-corrected chi connectivity index (χ2v) is 9.20. The number of aromatic nitrogens is 2. The third kappa shape index (κ3) is 5.93. The summed E-state index contributed by atoms with van der Waals surface area (Å²) in [5.41, 5.74) is 0.712. The van der Waals surface area contributed by atoms with Crippen LogP contribution in [0, 0.1) is 5.92 Å². The molecule has 8 heteroatoms. The molecular formula is C21H29ClN4O3. The molecule has 1 saturated heterocycles. The first-order valence-electron chi connectivity index (χ1n) is 9.95. The van der Waals surface area contributed by atoms with Gasteiger partial charge in [0.1, 0.15) is 11.2 Å². The summed E-state index contributed by atoms with van der Waals surface area (Å²) >= 11 is 5.97. The number of fused-ring (bicyclic) bond motifs is 1. The number of nitrogens with zero attached hydrogens (tertiary/aromatic N) is 4.